The maximum atomic E-state index is 13.5. The number of likely N-dealkylation sites (tertiary alicyclic amines) is 1. The van der Waals surface area contributed by atoms with Gasteiger partial charge in [0.25, 0.3) is 12.3 Å². The van der Waals surface area contributed by atoms with Crippen molar-refractivity contribution >= 4 is 11.6 Å². The lowest BCUT2D eigenvalue weighted by Crippen LogP contribution is -2.68. The summed E-state index contributed by atoms with van der Waals surface area (Å²) in [5.41, 5.74) is -0.104. The van der Waals surface area contributed by atoms with Crippen molar-refractivity contribution in [3.8, 4) is 0 Å². The Morgan fingerprint density at radius 1 is 1.31 bits per heavy atom. The number of fused-ring (bicyclic) bond motifs is 1. The second-order valence-electron chi connectivity index (χ2n) is 7.64. The predicted octanol–water partition coefficient (Wildman–Crippen LogP) is 2.70. The minimum atomic E-state index is -2.80. The van der Waals surface area contributed by atoms with Gasteiger partial charge >= 0.3 is 0 Å². The molecule has 1 saturated carbocycles. The number of imidazole rings is 1. The van der Waals surface area contributed by atoms with E-state index in [2.05, 4.69) is 9.97 Å². The van der Waals surface area contributed by atoms with Gasteiger partial charge in [0.2, 0.25) is 0 Å². The van der Waals surface area contributed by atoms with Gasteiger partial charge in [-0.2, -0.15) is 0 Å². The second kappa shape index (κ2) is 5.70. The van der Waals surface area contributed by atoms with Gasteiger partial charge in [0.15, 0.2) is 5.65 Å². The molecule has 2 saturated heterocycles. The monoisotopic (exact) mass is 362 g/mol. The molecule has 0 bridgehead atoms. The first-order valence-corrected chi connectivity index (χ1v) is 9.09. The van der Waals surface area contributed by atoms with Crippen molar-refractivity contribution in [2.75, 3.05) is 19.8 Å². The van der Waals surface area contributed by atoms with Crippen molar-refractivity contribution in [2.45, 2.75) is 38.2 Å². The van der Waals surface area contributed by atoms with E-state index in [1.165, 1.54) is 23.0 Å². The van der Waals surface area contributed by atoms with Crippen LogP contribution in [-0.2, 0) is 4.74 Å². The Labute approximate surface area is 149 Å². The van der Waals surface area contributed by atoms with Crippen LogP contribution in [0.25, 0.3) is 5.65 Å². The average Bonchev–Trinajstić information content (AvgIpc) is 3.37. The van der Waals surface area contributed by atoms with Gasteiger partial charge in [-0.15, -0.1) is 0 Å². The Morgan fingerprint density at radius 3 is 2.77 bits per heavy atom. The topological polar surface area (TPSA) is 59.7 Å². The summed E-state index contributed by atoms with van der Waals surface area (Å²) in [4.78, 5) is 22.9. The number of carbonyl (C=O) groups excluding carboxylic acids is 1. The maximum absolute atomic E-state index is 13.5. The molecule has 1 unspecified atom stereocenters. The number of rotatable bonds is 3. The molecule has 1 spiro atoms. The van der Waals surface area contributed by atoms with Gasteiger partial charge in [0.1, 0.15) is 11.4 Å². The number of ether oxygens (including phenoxy) is 1. The zero-order chi connectivity index (χ0) is 17.9. The molecular formula is C18H20F2N4O2. The minimum Gasteiger partial charge on any atom is -0.381 e. The van der Waals surface area contributed by atoms with Gasteiger partial charge in [-0.05, 0) is 31.6 Å². The van der Waals surface area contributed by atoms with Crippen LogP contribution in [0.1, 0.15) is 48.3 Å². The Hall–Kier alpha value is -2.09. The third-order valence-corrected chi connectivity index (χ3v) is 6.13. The van der Waals surface area contributed by atoms with Crippen LogP contribution in [0.2, 0.25) is 0 Å². The second-order valence-corrected chi connectivity index (χ2v) is 7.64. The molecule has 2 aromatic heterocycles. The maximum Gasteiger partial charge on any atom is 0.282 e. The molecule has 3 fully saturated rings. The van der Waals surface area contributed by atoms with E-state index in [1.54, 1.807) is 4.90 Å². The summed E-state index contributed by atoms with van der Waals surface area (Å²) in [6, 6.07) is 0.136. The van der Waals surface area contributed by atoms with Gasteiger partial charge in [0, 0.05) is 43.6 Å². The molecule has 2 aliphatic heterocycles. The van der Waals surface area contributed by atoms with Crippen molar-refractivity contribution in [1.29, 1.82) is 0 Å². The highest BCUT2D eigenvalue weighted by Crippen LogP contribution is 2.55. The Balaban J connectivity index is 1.52. The summed E-state index contributed by atoms with van der Waals surface area (Å²) in [5, 5.41) is 0. The largest absolute Gasteiger partial charge is 0.381 e. The van der Waals surface area contributed by atoms with E-state index in [0.29, 0.717) is 12.5 Å². The van der Waals surface area contributed by atoms with Gasteiger partial charge in [0.05, 0.1) is 6.20 Å². The normalized spacial score (nSPS) is 25.0. The number of alkyl halides is 2. The molecule has 1 atom stereocenters. The van der Waals surface area contributed by atoms with Crippen LogP contribution in [0.5, 0.6) is 0 Å². The molecule has 1 amide bonds. The van der Waals surface area contributed by atoms with Crippen molar-refractivity contribution < 1.29 is 18.3 Å². The van der Waals surface area contributed by atoms with E-state index in [0.717, 1.165) is 38.9 Å². The zero-order valence-corrected chi connectivity index (χ0v) is 14.3. The fraction of sp³-hybridized carbons (Fsp3) is 0.611. The highest BCUT2D eigenvalue weighted by Gasteiger charge is 2.60. The molecule has 8 heteroatoms. The molecule has 2 aromatic rings. The number of amides is 1. The molecule has 0 aromatic carbocycles. The summed E-state index contributed by atoms with van der Waals surface area (Å²) in [5.74, 6) is 0.148. The first-order chi connectivity index (χ1) is 12.6. The number of carbonyl (C=O) groups is 1. The summed E-state index contributed by atoms with van der Waals surface area (Å²) < 4.78 is 34.0. The van der Waals surface area contributed by atoms with E-state index in [1.807, 2.05) is 0 Å². The molecule has 6 nitrogen and oxygen atoms in total. The molecule has 26 heavy (non-hydrogen) atoms. The van der Waals surface area contributed by atoms with E-state index in [4.69, 9.17) is 4.74 Å². The highest BCUT2D eigenvalue weighted by molar-refractivity contribution is 5.96. The first-order valence-electron chi connectivity index (χ1n) is 9.09. The van der Waals surface area contributed by atoms with Crippen molar-refractivity contribution in [3.05, 3.63) is 30.0 Å². The van der Waals surface area contributed by atoms with Crippen molar-refractivity contribution in [2.24, 2.45) is 11.3 Å². The van der Waals surface area contributed by atoms with Crippen LogP contribution in [0, 0.1) is 11.3 Å². The number of aromatic nitrogens is 3. The predicted molar refractivity (Wildman–Crippen MR) is 88.0 cm³/mol. The van der Waals surface area contributed by atoms with E-state index in [-0.39, 0.29) is 28.7 Å². The lowest BCUT2D eigenvalue weighted by molar-refractivity contribution is -0.120. The van der Waals surface area contributed by atoms with Gasteiger partial charge in [-0.1, -0.05) is 0 Å². The quantitative estimate of drug-likeness (QED) is 0.842. The summed E-state index contributed by atoms with van der Waals surface area (Å²) in [6.07, 6.45) is 5.70. The van der Waals surface area contributed by atoms with Crippen LogP contribution in [0.3, 0.4) is 0 Å². The summed E-state index contributed by atoms with van der Waals surface area (Å²) in [7, 11) is 0. The fourth-order valence-electron chi connectivity index (χ4n) is 4.77. The number of hydrogen-bond donors (Lipinski definition) is 0. The third-order valence-electron chi connectivity index (χ3n) is 6.13. The SMILES string of the molecule is O=C(c1c(C(F)F)nc2cnccn12)N1CC2(CCOCC2)C1C1CC1. The minimum absolute atomic E-state index is 0.0232. The van der Waals surface area contributed by atoms with Crippen LogP contribution >= 0.6 is 0 Å². The number of nitrogens with zero attached hydrogens (tertiary/aromatic N) is 4. The van der Waals surface area contributed by atoms with Crippen LogP contribution in [-0.4, -0.2) is 51.0 Å². The lowest BCUT2D eigenvalue weighted by Gasteiger charge is -2.59. The molecular weight excluding hydrogens is 342 g/mol. The molecule has 138 valence electrons. The molecule has 4 heterocycles. The fourth-order valence-corrected chi connectivity index (χ4v) is 4.77. The summed E-state index contributed by atoms with van der Waals surface area (Å²) >= 11 is 0. The number of halogens is 2. The van der Waals surface area contributed by atoms with E-state index in [9.17, 15) is 13.6 Å². The molecule has 3 aliphatic rings. The smallest absolute Gasteiger partial charge is 0.282 e. The highest BCUT2D eigenvalue weighted by atomic mass is 19.3. The lowest BCUT2D eigenvalue weighted by atomic mass is 9.64. The molecule has 0 N–H and O–H groups in total. The van der Waals surface area contributed by atoms with Gasteiger partial charge < -0.3 is 9.64 Å². The van der Waals surface area contributed by atoms with E-state index < -0.39 is 12.1 Å². The Morgan fingerprint density at radius 2 is 2.08 bits per heavy atom. The molecule has 1 aliphatic carbocycles. The third kappa shape index (κ3) is 2.27. The van der Waals surface area contributed by atoms with Gasteiger partial charge in [-0.3, -0.25) is 14.2 Å². The zero-order valence-electron chi connectivity index (χ0n) is 14.3. The average molecular weight is 362 g/mol. The van der Waals surface area contributed by atoms with Crippen molar-refractivity contribution in [3.63, 3.8) is 0 Å². The molecule has 5 rings (SSSR count). The molecule has 0 radical (unpaired) electrons. The Bertz CT molecular complexity index is 858. The first kappa shape index (κ1) is 16.1. The van der Waals surface area contributed by atoms with Crippen molar-refractivity contribution in [1.82, 2.24) is 19.3 Å². The summed E-state index contributed by atoms with van der Waals surface area (Å²) in [6.45, 7) is 2.06. The van der Waals surface area contributed by atoms with Crippen LogP contribution < -0.4 is 0 Å². The standard InChI is InChI=1S/C18H20F2N4O2/c19-16(20)13-14(23-6-5-21-9-12(23)22-13)17(25)24-10-18(3-7-26-8-4-18)15(24)11-1-2-11/h5-6,9,11,15-16H,1-4,7-8,10H2. The van der Waals surface area contributed by atoms with E-state index >= 15 is 0 Å². The Kier molecular flexibility index (Phi) is 3.53. The van der Waals surface area contributed by atoms with Crippen LogP contribution in [0.15, 0.2) is 18.6 Å². The van der Waals surface area contributed by atoms with Gasteiger partial charge in [-0.25, -0.2) is 13.8 Å². The van der Waals surface area contributed by atoms with Crippen LogP contribution in [0.4, 0.5) is 8.78 Å². The number of hydrogen-bond acceptors (Lipinski definition) is 4.